The van der Waals surface area contributed by atoms with E-state index in [-0.39, 0.29) is 18.6 Å². The Morgan fingerprint density at radius 3 is 3.19 bits per heavy atom. The highest BCUT2D eigenvalue weighted by molar-refractivity contribution is 5.78. The molecule has 1 unspecified atom stereocenters. The van der Waals surface area contributed by atoms with Crippen molar-refractivity contribution < 1.29 is 9.90 Å². The van der Waals surface area contributed by atoms with Gasteiger partial charge in [0.05, 0.1) is 12.2 Å². The third-order valence-electron chi connectivity index (χ3n) is 2.67. The number of aliphatic hydroxyl groups excluding tert-OH is 1. The van der Waals surface area contributed by atoms with E-state index in [1.165, 1.54) is 0 Å². The van der Waals surface area contributed by atoms with Crippen molar-refractivity contribution in [1.82, 2.24) is 20.3 Å². The zero-order valence-corrected chi connectivity index (χ0v) is 9.09. The van der Waals surface area contributed by atoms with Gasteiger partial charge in [0.2, 0.25) is 5.91 Å². The minimum Gasteiger partial charge on any atom is -0.396 e. The van der Waals surface area contributed by atoms with Crippen LogP contribution in [0.1, 0.15) is 25.0 Å². The van der Waals surface area contributed by atoms with Crippen molar-refractivity contribution in [2.24, 2.45) is 0 Å². The van der Waals surface area contributed by atoms with E-state index in [0.29, 0.717) is 19.4 Å². The van der Waals surface area contributed by atoms with Gasteiger partial charge in [0.25, 0.3) is 0 Å². The number of aromatic nitrogens is 3. The molecule has 1 atom stereocenters. The van der Waals surface area contributed by atoms with Crippen LogP contribution in [0.5, 0.6) is 0 Å². The van der Waals surface area contributed by atoms with Crippen LogP contribution in [-0.2, 0) is 17.8 Å². The van der Waals surface area contributed by atoms with Crippen molar-refractivity contribution in [3.8, 4) is 0 Å². The highest BCUT2D eigenvalue weighted by atomic mass is 16.2. The Morgan fingerprint density at radius 2 is 2.50 bits per heavy atom. The first-order chi connectivity index (χ1) is 7.78. The van der Waals surface area contributed by atoms with Gasteiger partial charge < -0.3 is 10.4 Å². The average Bonchev–Trinajstić information content (AvgIpc) is 2.86. The largest absolute Gasteiger partial charge is 0.396 e. The summed E-state index contributed by atoms with van der Waals surface area (Å²) in [5, 5.41) is 19.6. The molecule has 2 heterocycles. The molecule has 0 aromatic carbocycles. The summed E-state index contributed by atoms with van der Waals surface area (Å²) in [6.07, 6.45) is 4.80. The molecule has 1 aromatic rings. The fraction of sp³-hybridized carbons (Fsp3) is 0.700. The molecule has 0 radical (unpaired) electrons. The van der Waals surface area contributed by atoms with Crippen molar-refractivity contribution in [3.63, 3.8) is 0 Å². The Bertz CT molecular complexity index is 363. The molecule has 0 saturated carbocycles. The first-order valence-electron chi connectivity index (χ1n) is 5.57. The highest BCUT2D eigenvalue weighted by Gasteiger charge is 2.21. The van der Waals surface area contributed by atoms with Crippen LogP contribution in [0.15, 0.2) is 6.20 Å². The average molecular weight is 224 g/mol. The second-order valence-corrected chi connectivity index (χ2v) is 4.06. The van der Waals surface area contributed by atoms with Gasteiger partial charge in [-0.3, -0.25) is 9.48 Å². The number of hydrogen-bond acceptors (Lipinski definition) is 4. The maximum Gasteiger partial charge on any atom is 0.220 e. The standard InChI is InChI=1S/C10H16N4O2/c15-5-1-2-9-7-14(13-12-9)6-8-3-4-10(16)11-8/h7-8,15H,1-6H2,(H,11,16). The van der Waals surface area contributed by atoms with E-state index in [1.807, 2.05) is 6.20 Å². The molecule has 2 rings (SSSR count). The first-order valence-corrected chi connectivity index (χ1v) is 5.57. The summed E-state index contributed by atoms with van der Waals surface area (Å²) in [5.41, 5.74) is 0.887. The van der Waals surface area contributed by atoms with Crippen molar-refractivity contribution >= 4 is 5.91 Å². The van der Waals surface area contributed by atoms with Gasteiger partial charge in [-0.25, -0.2) is 0 Å². The number of hydrogen-bond donors (Lipinski definition) is 2. The molecule has 88 valence electrons. The summed E-state index contributed by atoms with van der Waals surface area (Å²) < 4.78 is 1.75. The lowest BCUT2D eigenvalue weighted by atomic mass is 10.2. The van der Waals surface area contributed by atoms with E-state index in [9.17, 15) is 4.79 Å². The Labute approximate surface area is 93.6 Å². The second-order valence-electron chi connectivity index (χ2n) is 4.06. The lowest BCUT2D eigenvalue weighted by Gasteiger charge is -2.08. The van der Waals surface area contributed by atoms with Crippen LogP contribution in [0.2, 0.25) is 0 Å². The molecule has 1 aliphatic heterocycles. The summed E-state index contributed by atoms with van der Waals surface area (Å²) in [4.78, 5) is 11.0. The maximum absolute atomic E-state index is 11.0. The highest BCUT2D eigenvalue weighted by Crippen LogP contribution is 2.08. The van der Waals surface area contributed by atoms with Gasteiger partial charge in [0.15, 0.2) is 0 Å². The number of rotatable bonds is 5. The molecule has 6 heteroatoms. The quantitative estimate of drug-likeness (QED) is 0.705. The number of carbonyl (C=O) groups excluding carboxylic acids is 1. The van der Waals surface area contributed by atoms with Crippen molar-refractivity contribution in [1.29, 1.82) is 0 Å². The fourth-order valence-electron chi connectivity index (χ4n) is 1.84. The number of aryl methyl sites for hydroxylation is 1. The second kappa shape index (κ2) is 5.07. The molecule has 6 nitrogen and oxygen atoms in total. The summed E-state index contributed by atoms with van der Waals surface area (Å²) in [6.45, 7) is 0.851. The van der Waals surface area contributed by atoms with Crippen LogP contribution < -0.4 is 5.32 Å². The van der Waals surface area contributed by atoms with Gasteiger partial charge in [-0.15, -0.1) is 5.10 Å². The Kier molecular flexibility index (Phi) is 3.51. The van der Waals surface area contributed by atoms with E-state index in [1.54, 1.807) is 4.68 Å². The van der Waals surface area contributed by atoms with Crippen molar-refractivity contribution in [2.75, 3.05) is 6.61 Å². The van der Waals surface area contributed by atoms with Crippen molar-refractivity contribution in [2.45, 2.75) is 38.3 Å². The number of nitrogens with one attached hydrogen (secondary N) is 1. The molecule has 1 saturated heterocycles. The molecule has 1 aliphatic rings. The van der Waals surface area contributed by atoms with Gasteiger partial charge in [0, 0.05) is 25.3 Å². The summed E-state index contributed by atoms with van der Waals surface area (Å²) in [7, 11) is 0. The summed E-state index contributed by atoms with van der Waals surface area (Å²) >= 11 is 0. The number of carbonyl (C=O) groups is 1. The molecule has 0 bridgehead atoms. The van der Waals surface area contributed by atoms with E-state index < -0.39 is 0 Å². The molecule has 1 fully saturated rings. The normalized spacial score (nSPS) is 20.1. The molecule has 0 aliphatic carbocycles. The third-order valence-corrected chi connectivity index (χ3v) is 2.67. The predicted octanol–water partition coefficient (Wildman–Crippen LogP) is -0.518. The monoisotopic (exact) mass is 224 g/mol. The lowest BCUT2D eigenvalue weighted by molar-refractivity contribution is -0.119. The van der Waals surface area contributed by atoms with E-state index in [4.69, 9.17) is 5.11 Å². The van der Waals surface area contributed by atoms with Gasteiger partial charge in [-0.05, 0) is 19.3 Å². The van der Waals surface area contributed by atoms with Crippen LogP contribution in [0.3, 0.4) is 0 Å². The van der Waals surface area contributed by atoms with Crippen LogP contribution in [-0.4, -0.2) is 38.7 Å². The molecule has 2 N–H and O–H groups in total. The molecular weight excluding hydrogens is 208 g/mol. The van der Waals surface area contributed by atoms with Crippen LogP contribution in [0, 0.1) is 0 Å². The molecule has 1 aromatic heterocycles. The zero-order valence-electron chi connectivity index (χ0n) is 9.09. The Balaban J connectivity index is 1.85. The molecular formula is C10H16N4O2. The molecule has 0 spiro atoms. The van der Waals surface area contributed by atoms with Crippen LogP contribution in [0.4, 0.5) is 0 Å². The third kappa shape index (κ3) is 2.79. The number of aliphatic hydroxyl groups is 1. The number of nitrogens with zero attached hydrogens (tertiary/aromatic N) is 3. The van der Waals surface area contributed by atoms with E-state index in [2.05, 4.69) is 15.6 Å². The number of amides is 1. The SMILES string of the molecule is O=C1CCC(Cn2cc(CCCO)nn2)N1. The maximum atomic E-state index is 11.0. The molecule has 1 amide bonds. The van der Waals surface area contributed by atoms with Gasteiger partial charge >= 0.3 is 0 Å². The van der Waals surface area contributed by atoms with Crippen molar-refractivity contribution in [3.05, 3.63) is 11.9 Å². The van der Waals surface area contributed by atoms with Crippen LogP contribution in [0.25, 0.3) is 0 Å². The van der Waals surface area contributed by atoms with E-state index >= 15 is 0 Å². The van der Waals surface area contributed by atoms with E-state index in [0.717, 1.165) is 18.5 Å². The van der Waals surface area contributed by atoms with Gasteiger partial charge in [-0.2, -0.15) is 0 Å². The lowest BCUT2D eigenvalue weighted by Crippen LogP contribution is -2.29. The fourth-order valence-corrected chi connectivity index (χ4v) is 1.84. The van der Waals surface area contributed by atoms with Crippen LogP contribution >= 0.6 is 0 Å². The minimum absolute atomic E-state index is 0.116. The van der Waals surface area contributed by atoms with Gasteiger partial charge in [-0.1, -0.05) is 5.21 Å². The Hall–Kier alpha value is -1.43. The Morgan fingerprint density at radius 1 is 1.62 bits per heavy atom. The first kappa shape index (κ1) is 11.1. The topological polar surface area (TPSA) is 80.0 Å². The predicted molar refractivity (Wildman–Crippen MR) is 56.6 cm³/mol. The summed E-state index contributed by atoms with van der Waals surface area (Å²) in [5.74, 6) is 0.116. The zero-order chi connectivity index (χ0) is 11.4. The smallest absolute Gasteiger partial charge is 0.220 e. The molecule has 16 heavy (non-hydrogen) atoms. The van der Waals surface area contributed by atoms with Gasteiger partial charge in [0.1, 0.15) is 0 Å². The summed E-state index contributed by atoms with van der Waals surface area (Å²) in [6, 6.07) is 0.180. The minimum atomic E-state index is 0.116.